The van der Waals surface area contributed by atoms with Crippen LogP contribution in [-0.4, -0.2) is 17.4 Å². The number of aryl methyl sites for hydroxylation is 1. The van der Waals surface area contributed by atoms with Gasteiger partial charge in [0.25, 0.3) is 5.91 Å². The summed E-state index contributed by atoms with van der Waals surface area (Å²) in [6.45, 7) is 0.643. The van der Waals surface area contributed by atoms with E-state index in [0.29, 0.717) is 12.1 Å². The fourth-order valence-electron chi connectivity index (χ4n) is 2.56. The molecule has 0 fully saturated rings. The van der Waals surface area contributed by atoms with E-state index in [9.17, 15) is 4.79 Å². The Morgan fingerprint density at radius 2 is 1.60 bits per heavy atom. The molecule has 0 saturated heterocycles. The first kappa shape index (κ1) is 16.7. The zero-order valence-electron chi connectivity index (χ0n) is 14.0. The molecular formula is C21H21N3O. The SMILES string of the molecule is O=C(NCCCc1ccccc1)c1cncc(Nc2ccccc2)c1. The van der Waals surface area contributed by atoms with E-state index in [-0.39, 0.29) is 5.91 Å². The van der Waals surface area contributed by atoms with Gasteiger partial charge in [-0.15, -0.1) is 0 Å². The third-order valence-electron chi connectivity index (χ3n) is 3.83. The van der Waals surface area contributed by atoms with Crippen molar-refractivity contribution in [3.63, 3.8) is 0 Å². The summed E-state index contributed by atoms with van der Waals surface area (Å²) in [6, 6.07) is 21.9. The van der Waals surface area contributed by atoms with Crippen LogP contribution in [0.15, 0.2) is 79.1 Å². The number of pyridine rings is 1. The molecular weight excluding hydrogens is 310 g/mol. The van der Waals surface area contributed by atoms with E-state index < -0.39 is 0 Å². The topological polar surface area (TPSA) is 54.0 Å². The molecule has 25 heavy (non-hydrogen) atoms. The highest BCUT2D eigenvalue weighted by molar-refractivity contribution is 5.94. The van der Waals surface area contributed by atoms with Gasteiger partial charge in [0, 0.05) is 18.4 Å². The number of nitrogens with zero attached hydrogens (tertiary/aromatic N) is 1. The number of hydrogen-bond acceptors (Lipinski definition) is 3. The number of anilines is 2. The number of rotatable bonds is 7. The van der Waals surface area contributed by atoms with E-state index in [1.165, 1.54) is 5.56 Å². The maximum absolute atomic E-state index is 12.3. The van der Waals surface area contributed by atoms with E-state index in [2.05, 4.69) is 27.8 Å². The molecule has 4 nitrogen and oxygen atoms in total. The largest absolute Gasteiger partial charge is 0.354 e. The zero-order valence-corrected chi connectivity index (χ0v) is 14.0. The summed E-state index contributed by atoms with van der Waals surface area (Å²) in [5, 5.41) is 6.20. The van der Waals surface area contributed by atoms with Crippen molar-refractivity contribution in [3.8, 4) is 0 Å². The van der Waals surface area contributed by atoms with Crippen LogP contribution in [0.25, 0.3) is 0 Å². The molecule has 3 rings (SSSR count). The van der Waals surface area contributed by atoms with Gasteiger partial charge in [0.05, 0.1) is 17.4 Å². The molecule has 0 radical (unpaired) electrons. The summed E-state index contributed by atoms with van der Waals surface area (Å²) >= 11 is 0. The van der Waals surface area contributed by atoms with Crippen molar-refractivity contribution in [2.45, 2.75) is 12.8 Å². The molecule has 1 heterocycles. The Kier molecular flexibility index (Phi) is 5.77. The highest BCUT2D eigenvalue weighted by Crippen LogP contribution is 2.16. The molecule has 0 aliphatic rings. The Hall–Kier alpha value is -3.14. The average Bonchev–Trinajstić information content (AvgIpc) is 2.67. The lowest BCUT2D eigenvalue weighted by Crippen LogP contribution is -2.25. The van der Waals surface area contributed by atoms with Gasteiger partial charge in [-0.05, 0) is 36.6 Å². The molecule has 1 amide bonds. The van der Waals surface area contributed by atoms with Crippen molar-refractivity contribution >= 4 is 17.3 Å². The number of nitrogens with one attached hydrogen (secondary N) is 2. The second kappa shape index (κ2) is 8.64. The normalized spacial score (nSPS) is 10.2. The monoisotopic (exact) mass is 331 g/mol. The molecule has 0 unspecified atom stereocenters. The summed E-state index contributed by atoms with van der Waals surface area (Å²) in [6.07, 6.45) is 5.15. The van der Waals surface area contributed by atoms with Gasteiger partial charge in [-0.1, -0.05) is 48.5 Å². The first-order valence-corrected chi connectivity index (χ1v) is 8.40. The summed E-state index contributed by atoms with van der Waals surface area (Å²) < 4.78 is 0. The third kappa shape index (κ3) is 5.18. The van der Waals surface area contributed by atoms with E-state index in [1.807, 2.05) is 54.6 Å². The highest BCUT2D eigenvalue weighted by atomic mass is 16.1. The molecule has 0 aliphatic heterocycles. The smallest absolute Gasteiger partial charge is 0.252 e. The molecule has 0 atom stereocenters. The van der Waals surface area contributed by atoms with Crippen LogP contribution in [0.1, 0.15) is 22.3 Å². The lowest BCUT2D eigenvalue weighted by Gasteiger charge is -2.08. The second-order valence-corrected chi connectivity index (χ2v) is 5.80. The molecule has 0 saturated carbocycles. The Labute approximate surface area is 147 Å². The first-order valence-electron chi connectivity index (χ1n) is 8.40. The van der Waals surface area contributed by atoms with Crippen LogP contribution in [0, 0.1) is 0 Å². The fraction of sp³-hybridized carbons (Fsp3) is 0.143. The van der Waals surface area contributed by atoms with E-state index in [0.717, 1.165) is 24.2 Å². The van der Waals surface area contributed by atoms with Crippen LogP contribution in [0.5, 0.6) is 0 Å². The van der Waals surface area contributed by atoms with Crippen molar-refractivity contribution in [1.29, 1.82) is 0 Å². The van der Waals surface area contributed by atoms with Crippen LogP contribution in [-0.2, 0) is 6.42 Å². The van der Waals surface area contributed by atoms with Crippen LogP contribution < -0.4 is 10.6 Å². The van der Waals surface area contributed by atoms with Gasteiger partial charge in [-0.3, -0.25) is 9.78 Å². The van der Waals surface area contributed by atoms with Gasteiger partial charge in [0.1, 0.15) is 0 Å². The molecule has 0 aliphatic carbocycles. The van der Waals surface area contributed by atoms with Crippen LogP contribution >= 0.6 is 0 Å². The number of carbonyl (C=O) groups excluding carboxylic acids is 1. The third-order valence-corrected chi connectivity index (χ3v) is 3.83. The molecule has 0 bridgehead atoms. The van der Waals surface area contributed by atoms with Gasteiger partial charge in [0.2, 0.25) is 0 Å². The van der Waals surface area contributed by atoms with E-state index in [4.69, 9.17) is 0 Å². The number of benzene rings is 2. The number of amides is 1. The van der Waals surface area contributed by atoms with Crippen LogP contribution in [0.4, 0.5) is 11.4 Å². The van der Waals surface area contributed by atoms with Crippen molar-refractivity contribution < 1.29 is 4.79 Å². The Bertz CT molecular complexity index is 804. The van der Waals surface area contributed by atoms with Gasteiger partial charge in [-0.2, -0.15) is 0 Å². The standard InChI is InChI=1S/C21H21N3O/c25-21(23-13-7-10-17-8-3-1-4-9-17)18-14-20(16-22-15-18)24-19-11-5-2-6-12-19/h1-6,8-9,11-12,14-16,24H,7,10,13H2,(H,23,25). The lowest BCUT2D eigenvalue weighted by molar-refractivity contribution is 0.0953. The van der Waals surface area contributed by atoms with Gasteiger partial charge in [0.15, 0.2) is 0 Å². The quantitative estimate of drug-likeness (QED) is 0.638. The number of para-hydroxylation sites is 1. The van der Waals surface area contributed by atoms with Gasteiger partial charge in [-0.25, -0.2) is 0 Å². The molecule has 2 aromatic carbocycles. The molecule has 2 N–H and O–H groups in total. The van der Waals surface area contributed by atoms with E-state index in [1.54, 1.807) is 12.4 Å². The number of carbonyl (C=O) groups is 1. The van der Waals surface area contributed by atoms with Crippen LogP contribution in [0.3, 0.4) is 0 Å². The van der Waals surface area contributed by atoms with Crippen molar-refractivity contribution in [3.05, 3.63) is 90.3 Å². The number of hydrogen-bond donors (Lipinski definition) is 2. The van der Waals surface area contributed by atoms with Crippen LogP contribution in [0.2, 0.25) is 0 Å². The summed E-state index contributed by atoms with van der Waals surface area (Å²) in [7, 11) is 0. The Morgan fingerprint density at radius 3 is 2.36 bits per heavy atom. The minimum Gasteiger partial charge on any atom is -0.354 e. The minimum absolute atomic E-state index is 0.0997. The predicted octanol–water partition coefficient (Wildman–Crippen LogP) is 4.19. The zero-order chi connectivity index (χ0) is 17.3. The van der Waals surface area contributed by atoms with E-state index >= 15 is 0 Å². The summed E-state index contributed by atoms with van der Waals surface area (Å²) in [5.74, 6) is -0.0997. The molecule has 0 spiro atoms. The Balaban J connectivity index is 1.51. The average molecular weight is 331 g/mol. The molecule has 3 aromatic rings. The van der Waals surface area contributed by atoms with Crippen molar-refractivity contribution in [1.82, 2.24) is 10.3 Å². The predicted molar refractivity (Wildman–Crippen MR) is 101 cm³/mol. The maximum atomic E-state index is 12.3. The maximum Gasteiger partial charge on any atom is 0.252 e. The molecule has 1 aromatic heterocycles. The highest BCUT2D eigenvalue weighted by Gasteiger charge is 2.06. The lowest BCUT2D eigenvalue weighted by atomic mass is 10.1. The van der Waals surface area contributed by atoms with Gasteiger partial charge >= 0.3 is 0 Å². The fourth-order valence-corrected chi connectivity index (χ4v) is 2.56. The summed E-state index contributed by atoms with van der Waals surface area (Å²) in [5.41, 5.74) is 3.60. The van der Waals surface area contributed by atoms with Crippen molar-refractivity contribution in [2.24, 2.45) is 0 Å². The van der Waals surface area contributed by atoms with Crippen molar-refractivity contribution in [2.75, 3.05) is 11.9 Å². The minimum atomic E-state index is -0.0997. The molecule has 126 valence electrons. The summed E-state index contributed by atoms with van der Waals surface area (Å²) in [4.78, 5) is 16.4. The Morgan fingerprint density at radius 1 is 0.880 bits per heavy atom. The second-order valence-electron chi connectivity index (χ2n) is 5.80. The number of aromatic nitrogens is 1. The molecule has 4 heteroatoms. The van der Waals surface area contributed by atoms with Gasteiger partial charge < -0.3 is 10.6 Å². The first-order chi connectivity index (χ1) is 12.3.